The van der Waals surface area contributed by atoms with E-state index in [9.17, 15) is 14.9 Å². The number of methoxy groups -OCH3 is 1. The lowest BCUT2D eigenvalue weighted by Crippen LogP contribution is -2.48. The number of carbonyl (C=O) groups excluding carboxylic acids is 1. The molecule has 1 aromatic carbocycles. The molecular weight excluding hydrogens is 328 g/mol. The number of likely N-dealkylation sites (tertiary alicyclic amines) is 1. The Kier molecular flexibility index (Phi) is 5.77. The second-order valence-corrected chi connectivity index (χ2v) is 5.82. The molecule has 2 N–H and O–H groups in total. The number of hydrogen-bond acceptors (Lipinski definition) is 7. The van der Waals surface area contributed by atoms with Crippen molar-refractivity contribution in [3.05, 3.63) is 27.8 Å². The van der Waals surface area contributed by atoms with Crippen LogP contribution in [0, 0.1) is 21.4 Å². The number of nitrogens with zero attached hydrogens (tertiary/aromatic N) is 3. The smallest absolute Gasteiger partial charge is 0.291 e. The number of ether oxygens (including phenoxy) is 2. The van der Waals surface area contributed by atoms with Gasteiger partial charge in [-0.15, -0.1) is 0 Å². The summed E-state index contributed by atoms with van der Waals surface area (Å²) in [7, 11) is 1.38. The third-order valence-corrected chi connectivity index (χ3v) is 4.33. The highest BCUT2D eigenvalue weighted by atomic mass is 16.6. The fourth-order valence-electron chi connectivity index (χ4n) is 2.78. The van der Waals surface area contributed by atoms with Crippen LogP contribution in [0.3, 0.4) is 0 Å². The van der Waals surface area contributed by atoms with Gasteiger partial charge in [-0.3, -0.25) is 19.8 Å². The fourth-order valence-corrected chi connectivity index (χ4v) is 2.78. The monoisotopic (exact) mass is 348 g/mol. The average molecular weight is 348 g/mol. The second kappa shape index (κ2) is 7.81. The first-order chi connectivity index (χ1) is 11.9. The number of amides is 1. The molecule has 0 aromatic heterocycles. The Morgan fingerprint density at radius 1 is 1.44 bits per heavy atom. The van der Waals surface area contributed by atoms with Crippen molar-refractivity contribution in [1.82, 2.24) is 4.90 Å². The van der Waals surface area contributed by atoms with E-state index in [-0.39, 0.29) is 35.1 Å². The van der Waals surface area contributed by atoms with Gasteiger partial charge in [-0.05, 0) is 19.8 Å². The van der Waals surface area contributed by atoms with Crippen molar-refractivity contribution in [3.8, 4) is 17.6 Å². The second-order valence-electron chi connectivity index (χ2n) is 5.82. The molecule has 0 bridgehead atoms. The zero-order valence-electron chi connectivity index (χ0n) is 14.1. The van der Waals surface area contributed by atoms with Gasteiger partial charge >= 0.3 is 0 Å². The Morgan fingerprint density at radius 2 is 2.08 bits per heavy atom. The predicted molar refractivity (Wildman–Crippen MR) is 88.2 cm³/mol. The van der Waals surface area contributed by atoms with E-state index in [0.29, 0.717) is 31.7 Å². The maximum atomic E-state index is 11.3. The number of rotatable bonds is 6. The van der Waals surface area contributed by atoms with Crippen LogP contribution in [-0.2, 0) is 4.79 Å². The van der Waals surface area contributed by atoms with E-state index < -0.39 is 4.92 Å². The molecule has 25 heavy (non-hydrogen) atoms. The lowest BCUT2D eigenvalue weighted by Gasteiger charge is -2.34. The lowest BCUT2D eigenvalue weighted by molar-refractivity contribution is -0.385. The standard InChI is InChI=1S/C16H20N4O5/c1-10(16(18)21)19-5-3-12(4-6-19)25-15-7-11(9-17)13(20(22)23)8-14(15)24-2/h7-8,10,12H,3-6H2,1-2H3,(H2,18,21). The Morgan fingerprint density at radius 3 is 2.56 bits per heavy atom. The SMILES string of the molecule is COc1cc([N+](=O)[O-])c(C#N)cc1OC1CCN(C(C)C(N)=O)CC1. The molecule has 0 aliphatic carbocycles. The zero-order chi connectivity index (χ0) is 18.6. The average Bonchev–Trinajstić information content (AvgIpc) is 2.61. The van der Waals surface area contributed by atoms with Gasteiger partial charge in [0.05, 0.1) is 24.1 Å². The molecular formula is C16H20N4O5. The summed E-state index contributed by atoms with van der Waals surface area (Å²) < 4.78 is 11.1. The first-order valence-electron chi connectivity index (χ1n) is 7.84. The van der Waals surface area contributed by atoms with Crippen LogP contribution < -0.4 is 15.2 Å². The highest BCUT2D eigenvalue weighted by Crippen LogP contribution is 2.36. The molecule has 1 saturated heterocycles. The molecule has 1 unspecified atom stereocenters. The van der Waals surface area contributed by atoms with Gasteiger partial charge in [0.25, 0.3) is 5.69 Å². The number of piperidine rings is 1. The summed E-state index contributed by atoms with van der Waals surface area (Å²) in [6, 6.07) is 3.99. The van der Waals surface area contributed by atoms with Crippen molar-refractivity contribution in [1.29, 1.82) is 5.26 Å². The third-order valence-electron chi connectivity index (χ3n) is 4.33. The molecule has 1 aliphatic rings. The van der Waals surface area contributed by atoms with Crippen molar-refractivity contribution in [2.45, 2.75) is 31.9 Å². The summed E-state index contributed by atoms with van der Waals surface area (Å²) in [5.74, 6) is 0.139. The minimum Gasteiger partial charge on any atom is -0.493 e. The van der Waals surface area contributed by atoms with E-state index >= 15 is 0 Å². The molecule has 1 aromatic rings. The predicted octanol–water partition coefficient (Wildman–Crippen LogP) is 1.19. The number of nitriles is 1. The zero-order valence-corrected chi connectivity index (χ0v) is 14.1. The van der Waals surface area contributed by atoms with Gasteiger partial charge in [0.1, 0.15) is 17.7 Å². The van der Waals surface area contributed by atoms with Gasteiger partial charge in [-0.2, -0.15) is 5.26 Å². The molecule has 9 heteroatoms. The number of nitrogens with two attached hydrogens (primary N) is 1. The van der Waals surface area contributed by atoms with Crippen LogP contribution in [0.15, 0.2) is 12.1 Å². The molecule has 2 rings (SSSR count). The van der Waals surface area contributed by atoms with Gasteiger partial charge in [-0.1, -0.05) is 0 Å². The summed E-state index contributed by atoms with van der Waals surface area (Å²) in [6.07, 6.45) is 1.19. The van der Waals surface area contributed by atoms with Crippen LogP contribution in [0.2, 0.25) is 0 Å². The Labute approximate surface area is 145 Å². The largest absolute Gasteiger partial charge is 0.493 e. The van der Waals surface area contributed by atoms with E-state index in [0.717, 1.165) is 0 Å². The van der Waals surface area contributed by atoms with E-state index in [1.807, 2.05) is 4.90 Å². The molecule has 0 saturated carbocycles. The molecule has 1 heterocycles. The van der Waals surface area contributed by atoms with Crippen LogP contribution in [0.1, 0.15) is 25.3 Å². The molecule has 1 atom stereocenters. The molecule has 1 fully saturated rings. The van der Waals surface area contributed by atoms with Gasteiger partial charge in [0.15, 0.2) is 11.5 Å². The highest BCUT2D eigenvalue weighted by molar-refractivity contribution is 5.79. The number of hydrogen-bond donors (Lipinski definition) is 1. The van der Waals surface area contributed by atoms with E-state index in [2.05, 4.69) is 0 Å². The van der Waals surface area contributed by atoms with E-state index in [1.54, 1.807) is 13.0 Å². The highest BCUT2D eigenvalue weighted by Gasteiger charge is 2.28. The minimum absolute atomic E-state index is 0.0828. The molecule has 9 nitrogen and oxygen atoms in total. The summed E-state index contributed by atoms with van der Waals surface area (Å²) in [5.41, 5.74) is 4.91. The summed E-state index contributed by atoms with van der Waals surface area (Å²) in [6.45, 7) is 3.06. The summed E-state index contributed by atoms with van der Waals surface area (Å²) in [5, 5.41) is 20.1. The Hall–Kier alpha value is -2.86. The van der Waals surface area contributed by atoms with Crippen molar-refractivity contribution < 1.29 is 19.2 Å². The molecule has 0 spiro atoms. The molecule has 1 amide bonds. The van der Waals surface area contributed by atoms with E-state index in [4.69, 9.17) is 20.5 Å². The van der Waals surface area contributed by atoms with Crippen molar-refractivity contribution in [2.75, 3.05) is 20.2 Å². The number of primary amides is 1. The lowest BCUT2D eigenvalue weighted by atomic mass is 10.1. The summed E-state index contributed by atoms with van der Waals surface area (Å²) >= 11 is 0. The van der Waals surface area contributed by atoms with Crippen molar-refractivity contribution in [3.63, 3.8) is 0 Å². The topological polar surface area (TPSA) is 132 Å². The molecule has 1 aliphatic heterocycles. The van der Waals surface area contributed by atoms with Crippen molar-refractivity contribution >= 4 is 11.6 Å². The first kappa shape index (κ1) is 18.5. The normalized spacial score (nSPS) is 16.7. The minimum atomic E-state index is -0.630. The molecule has 0 radical (unpaired) electrons. The van der Waals surface area contributed by atoms with Gasteiger partial charge in [0, 0.05) is 19.2 Å². The van der Waals surface area contributed by atoms with Crippen LogP contribution in [0.5, 0.6) is 11.5 Å². The number of carbonyl (C=O) groups is 1. The fraction of sp³-hybridized carbons (Fsp3) is 0.500. The van der Waals surface area contributed by atoms with Gasteiger partial charge in [0.2, 0.25) is 5.91 Å². The Balaban J connectivity index is 2.12. The maximum Gasteiger partial charge on any atom is 0.291 e. The Bertz CT molecular complexity index is 707. The third kappa shape index (κ3) is 4.16. The van der Waals surface area contributed by atoms with Crippen LogP contribution >= 0.6 is 0 Å². The number of benzene rings is 1. The molecule has 134 valence electrons. The van der Waals surface area contributed by atoms with Gasteiger partial charge in [-0.25, -0.2) is 0 Å². The van der Waals surface area contributed by atoms with Crippen LogP contribution in [-0.4, -0.2) is 48.1 Å². The van der Waals surface area contributed by atoms with Crippen molar-refractivity contribution in [2.24, 2.45) is 5.73 Å². The number of nitro benzene ring substituents is 1. The van der Waals surface area contributed by atoms with E-state index in [1.165, 1.54) is 19.2 Å². The van der Waals surface area contributed by atoms with Crippen LogP contribution in [0.4, 0.5) is 5.69 Å². The first-order valence-corrected chi connectivity index (χ1v) is 7.84. The number of nitro groups is 1. The van der Waals surface area contributed by atoms with Gasteiger partial charge < -0.3 is 15.2 Å². The van der Waals surface area contributed by atoms with Crippen LogP contribution in [0.25, 0.3) is 0 Å². The quantitative estimate of drug-likeness (QED) is 0.603. The maximum absolute atomic E-state index is 11.3. The summed E-state index contributed by atoms with van der Waals surface area (Å²) in [4.78, 5) is 23.6.